The van der Waals surface area contributed by atoms with E-state index >= 15 is 0 Å². The summed E-state index contributed by atoms with van der Waals surface area (Å²) in [7, 11) is 0. The van der Waals surface area contributed by atoms with Gasteiger partial charge in [-0.1, -0.05) is 33.6 Å². The predicted molar refractivity (Wildman–Crippen MR) is 71.8 cm³/mol. The fraction of sp³-hybridized carbons (Fsp3) is 1.00. The lowest BCUT2D eigenvalue weighted by atomic mass is 10.1. The second-order valence-electron chi connectivity index (χ2n) is 5.51. The highest BCUT2D eigenvalue weighted by Gasteiger charge is 2.21. The van der Waals surface area contributed by atoms with Crippen LogP contribution in [0.1, 0.15) is 52.9 Å². The maximum atomic E-state index is 3.45. The molecule has 0 bridgehead atoms. The molecule has 1 saturated carbocycles. The molecule has 0 aliphatic heterocycles. The maximum absolute atomic E-state index is 3.45. The number of hydrogen-bond donors (Lipinski definition) is 1. The highest BCUT2D eigenvalue weighted by molar-refractivity contribution is 4.78. The monoisotopic (exact) mass is 226 g/mol. The molecule has 1 fully saturated rings. The van der Waals surface area contributed by atoms with Crippen LogP contribution in [0.15, 0.2) is 0 Å². The van der Waals surface area contributed by atoms with Crippen molar-refractivity contribution in [3.05, 3.63) is 0 Å². The zero-order chi connectivity index (χ0) is 11.8. The summed E-state index contributed by atoms with van der Waals surface area (Å²) in [5.41, 5.74) is 0. The smallest absolute Gasteiger partial charge is 0.0110 e. The van der Waals surface area contributed by atoms with Gasteiger partial charge in [-0.2, -0.15) is 0 Å². The highest BCUT2D eigenvalue weighted by Crippen LogP contribution is 2.23. The summed E-state index contributed by atoms with van der Waals surface area (Å²) < 4.78 is 0. The maximum Gasteiger partial charge on any atom is 0.0110 e. The molecule has 0 saturated heterocycles. The minimum atomic E-state index is 0.836. The first-order valence-corrected chi connectivity index (χ1v) is 7.18. The van der Waals surface area contributed by atoms with E-state index in [1.165, 1.54) is 45.2 Å². The van der Waals surface area contributed by atoms with E-state index in [4.69, 9.17) is 0 Å². The van der Waals surface area contributed by atoms with Crippen LogP contribution >= 0.6 is 0 Å². The quantitative estimate of drug-likeness (QED) is 0.640. The van der Waals surface area contributed by atoms with Crippen LogP contribution in [0.4, 0.5) is 0 Å². The van der Waals surface area contributed by atoms with Crippen molar-refractivity contribution >= 4 is 0 Å². The molecule has 0 spiro atoms. The molecule has 96 valence electrons. The molecular weight excluding hydrogens is 196 g/mol. The van der Waals surface area contributed by atoms with Crippen molar-refractivity contribution in [1.82, 2.24) is 10.2 Å². The largest absolute Gasteiger partial charge is 0.316 e. The number of nitrogens with zero attached hydrogens (tertiary/aromatic N) is 1. The standard InChI is InChI=1S/C14H30N2/c1-4-15-10-12-16(11-9-13(2)3)14-7-5-6-8-14/h13-15H,4-12H2,1-3H3. The van der Waals surface area contributed by atoms with Crippen molar-refractivity contribution in [2.45, 2.75) is 58.9 Å². The Labute approximate surface area is 102 Å². The first kappa shape index (κ1) is 14.0. The Morgan fingerprint density at radius 3 is 2.44 bits per heavy atom. The zero-order valence-electron chi connectivity index (χ0n) is 11.5. The summed E-state index contributed by atoms with van der Waals surface area (Å²) in [6, 6.07) is 0.886. The van der Waals surface area contributed by atoms with Gasteiger partial charge in [0.2, 0.25) is 0 Å². The molecule has 16 heavy (non-hydrogen) atoms. The molecule has 2 heteroatoms. The number of rotatable bonds is 8. The Bertz CT molecular complexity index is 162. The van der Waals surface area contributed by atoms with E-state index in [-0.39, 0.29) is 0 Å². The summed E-state index contributed by atoms with van der Waals surface area (Å²) in [6.45, 7) is 11.6. The molecule has 0 heterocycles. The van der Waals surface area contributed by atoms with E-state index in [0.29, 0.717) is 0 Å². The highest BCUT2D eigenvalue weighted by atomic mass is 15.2. The van der Waals surface area contributed by atoms with Gasteiger partial charge in [0.25, 0.3) is 0 Å². The molecule has 1 rings (SSSR count). The molecule has 0 aromatic carbocycles. The van der Waals surface area contributed by atoms with E-state index < -0.39 is 0 Å². The SMILES string of the molecule is CCNCCN(CCC(C)C)C1CCCC1. The number of hydrogen-bond acceptors (Lipinski definition) is 2. The van der Waals surface area contributed by atoms with Crippen LogP contribution in [0, 0.1) is 5.92 Å². The molecule has 0 atom stereocenters. The van der Waals surface area contributed by atoms with Gasteiger partial charge in [-0.3, -0.25) is 4.90 Å². The molecular formula is C14H30N2. The molecule has 1 aliphatic rings. The fourth-order valence-electron chi connectivity index (χ4n) is 2.57. The van der Waals surface area contributed by atoms with Gasteiger partial charge in [-0.05, 0) is 38.3 Å². The van der Waals surface area contributed by atoms with E-state index in [1.807, 2.05) is 0 Å². The Balaban J connectivity index is 2.28. The van der Waals surface area contributed by atoms with Crippen LogP contribution in [0.2, 0.25) is 0 Å². The average molecular weight is 226 g/mol. The topological polar surface area (TPSA) is 15.3 Å². The minimum Gasteiger partial charge on any atom is -0.316 e. The molecule has 0 unspecified atom stereocenters. The summed E-state index contributed by atoms with van der Waals surface area (Å²) in [6.07, 6.45) is 7.12. The Hall–Kier alpha value is -0.0800. The van der Waals surface area contributed by atoms with Crippen molar-refractivity contribution in [1.29, 1.82) is 0 Å². The van der Waals surface area contributed by atoms with Gasteiger partial charge in [0, 0.05) is 19.1 Å². The van der Waals surface area contributed by atoms with E-state index in [2.05, 4.69) is 31.0 Å². The fourth-order valence-corrected chi connectivity index (χ4v) is 2.57. The van der Waals surface area contributed by atoms with Gasteiger partial charge < -0.3 is 5.32 Å². The summed E-state index contributed by atoms with van der Waals surface area (Å²) in [5, 5.41) is 3.45. The van der Waals surface area contributed by atoms with Crippen LogP contribution in [0.5, 0.6) is 0 Å². The average Bonchev–Trinajstić information content (AvgIpc) is 2.76. The summed E-state index contributed by atoms with van der Waals surface area (Å²) in [5.74, 6) is 0.836. The Morgan fingerprint density at radius 2 is 1.88 bits per heavy atom. The first-order valence-electron chi connectivity index (χ1n) is 7.18. The van der Waals surface area contributed by atoms with Gasteiger partial charge in [0.05, 0.1) is 0 Å². The number of nitrogens with one attached hydrogen (secondary N) is 1. The van der Waals surface area contributed by atoms with E-state index in [0.717, 1.165) is 25.0 Å². The molecule has 1 aliphatic carbocycles. The number of likely N-dealkylation sites (N-methyl/N-ethyl adjacent to an activating group) is 1. The Morgan fingerprint density at radius 1 is 1.19 bits per heavy atom. The van der Waals surface area contributed by atoms with Crippen LogP contribution in [0.3, 0.4) is 0 Å². The molecule has 1 N–H and O–H groups in total. The van der Waals surface area contributed by atoms with Crippen LogP contribution < -0.4 is 5.32 Å². The van der Waals surface area contributed by atoms with Crippen molar-refractivity contribution < 1.29 is 0 Å². The van der Waals surface area contributed by atoms with Crippen molar-refractivity contribution in [2.24, 2.45) is 5.92 Å². The normalized spacial score (nSPS) is 17.8. The van der Waals surface area contributed by atoms with Crippen molar-refractivity contribution in [3.8, 4) is 0 Å². The zero-order valence-corrected chi connectivity index (χ0v) is 11.5. The summed E-state index contributed by atoms with van der Waals surface area (Å²) >= 11 is 0. The second kappa shape index (κ2) is 8.08. The lowest BCUT2D eigenvalue weighted by Gasteiger charge is -2.29. The van der Waals surface area contributed by atoms with E-state index in [1.54, 1.807) is 0 Å². The van der Waals surface area contributed by atoms with E-state index in [9.17, 15) is 0 Å². The lowest BCUT2D eigenvalue weighted by molar-refractivity contribution is 0.189. The van der Waals surface area contributed by atoms with Gasteiger partial charge >= 0.3 is 0 Å². The molecule has 0 radical (unpaired) electrons. The van der Waals surface area contributed by atoms with Gasteiger partial charge in [0.15, 0.2) is 0 Å². The molecule has 0 aromatic heterocycles. The third-order valence-electron chi connectivity index (χ3n) is 3.66. The first-order chi connectivity index (χ1) is 7.74. The van der Waals surface area contributed by atoms with Crippen molar-refractivity contribution in [2.75, 3.05) is 26.2 Å². The van der Waals surface area contributed by atoms with Crippen LogP contribution in [-0.2, 0) is 0 Å². The minimum absolute atomic E-state index is 0.836. The molecule has 0 aromatic rings. The van der Waals surface area contributed by atoms with Crippen LogP contribution in [-0.4, -0.2) is 37.1 Å². The van der Waals surface area contributed by atoms with Crippen molar-refractivity contribution in [3.63, 3.8) is 0 Å². The third kappa shape index (κ3) is 5.31. The second-order valence-corrected chi connectivity index (χ2v) is 5.51. The third-order valence-corrected chi connectivity index (χ3v) is 3.66. The predicted octanol–water partition coefficient (Wildman–Crippen LogP) is 2.89. The lowest BCUT2D eigenvalue weighted by Crippen LogP contribution is -2.39. The molecule has 0 amide bonds. The van der Waals surface area contributed by atoms with Gasteiger partial charge in [-0.25, -0.2) is 0 Å². The van der Waals surface area contributed by atoms with Crippen LogP contribution in [0.25, 0.3) is 0 Å². The molecule has 2 nitrogen and oxygen atoms in total. The Kier molecular flexibility index (Phi) is 7.06. The summed E-state index contributed by atoms with van der Waals surface area (Å²) in [4.78, 5) is 2.73. The van der Waals surface area contributed by atoms with Gasteiger partial charge in [0.1, 0.15) is 0 Å². The van der Waals surface area contributed by atoms with Gasteiger partial charge in [-0.15, -0.1) is 0 Å².